The van der Waals surface area contributed by atoms with Gasteiger partial charge in [-0.2, -0.15) is 0 Å². The third-order valence-corrected chi connectivity index (χ3v) is 3.07. The van der Waals surface area contributed by atoms with E-state index in [4.69, 9.17) is 16.3 Å². The molecule has 6 heteroatoms. The van der Waals surface area contributed by atoms with E-state index in [1.54, 1.807) is 37.7 Å². The summed E-state index contributed by atoms with van der Waals surface area (Å²) in [6.07, 6.45) is 4.36. The Balaban J connectivity index is 1.86. The van der Waals surface area contributed by atoms with Crippen LogP contribution in [0.25, 0.3) is 0 Å². The van der Waals surface area contributed by atoms with Crippen LogP contribution in [0.15, 0.2) is 30.6 Å². The number of ether oxygens (including phenoxy) is 1. The van der Waals surface area contributed by atoms with Crippen LogP contribution in [0.3, 0.4) is 0 Å². The fourth-order valence-corrected chi connectivity index (χ4v) is 2.07. The average molecular weight is 294 g/mol. The fraction of sp³-hybridized carbons (Fsp3) is 0.286. The Kier molecular flexibility index (Phi) is 5.01. The second-order valence-electron chi connectivity index (χ2n) is 4.27. The Morgan fingerprint density at radius 2 is 2.35 bits per heavy atom. The van der Waals surface area contributed by atoms with E-state index in [0.29, 0.717) is 23.7 Å². The van der Waals surface area contributed by atoms with E-state index < -0.39 is 0 Å². The van der Waals surface area contributed by atoms with Crippen LogP contribution in [0.2, 0.25) is 5.02 Å². The molecule has 1 heterocycles. The van der Waals surface area contributed by atoms with Crippen LogP contribution in [0, 0.1) is 0 Å². The third kappa shape index (κ3) is 3.99. The summed E-state index contributed by atoms with van der Waals surface area (Å²) >= 11 is 5.93. The molecule has 0 unspecified atom stereocenters. The number of aromatic nitrogens is 2. The topological polar surface area (TPSA) is 67.0 Å². The third-order valence-electron chi connectivity index (χ3n) is 2.83. The number of methoxy groups -OCH3 is 1. The highest BCUT2D eigenvalue weighted by molar-refractivity contribution is 6.30. The van der Waals surface area contributed by atoms with Crippen molar-refractivity contribution in [3.63, 3.8) is 0 Å². The predicted molar refractivity (Wildman–Crippen MR) is 77.0 cm³/mol. The molecule has 0 aliphatic heterocycles. The van der Waals surface area contributed by atoms with E-state index in [9.17, 15) is 4.79 Å². The lowest BCUT2D eigenvalue weighted by Gasteiger charge is -2.09. The van der Waals surface area contributed by atoms with Crippen LogP contribution < -0.4 is 10.1 Å². The van der Waals surface area contributed by atoms with Crippen molar-refractivity contribution in [3.05, 3.63) is 47.0 Å². The number of nitrogens with zero attached hydrogens (tertiary/aromatic N) is 1. The number of rotatable bonds is 6. The van der Waals surface area contributed by atoms with E-state index in [1.165, 1.54) is 0 Å². The lowest BCUT2D eigenvalue weighted by molar-refractivity contribution is -0.120. The Labute approximate surface area is 122 Å². The van der Waals surface area contributed by atoms with Gasteiger partial charge in [-0.15, -0.1) is 0 Å². The average Bonchev–Trinajstić information content (AvgIpc) is 2.92. The first kappa shape index (κ1) is 14.4. The molecule has 106 valence electrons. The van der Waals surface area contributed by atoms with Crippen LogP contribution in [0.1, 0.15) is 11.4 Å². The zero-order chi connectivity index (χ0) is 14.4. The first-order valence-corrected chi connectivity index (χ1v) is 6.64. The quantitative estimate of drug-likeness (QED) is 0.856. The number of hydrogen-bond donors (Lipinski definition) is 2. The van der Waals surface area contributed by atoms with Crippen molar-refractivity contribution >= 4 is 17.5 Å². The molecule has 0 atom stereocenters. The van der Waals surface area contributed by atoms with E-state index in [1.807, 2.05) is 0 Å². The van der Waals surface area contributed by atoms with E-state index in [2.05, 4.69) is 15.3 Å². The molecule has 0 aliphatic carbocycles. The number of nitrogens with one attached hydrogen (secondary N) is 2. The van der Waals surface area contributed by atoms with Crippen molar-refractivity contribution in [1.29, 1.82) is 0 Å². The van der Waals surface area contributed by atoms with Gasteiger partial charge in [-0.05, 0) is 18.2 Å². The number of amides is 1. The highest BCUT2D eigenvalue weighted by Gasteiger charge is 2.09. The van der Waals surface area contributed by atoms with Gasteiger partial charge in [-0.3, -0.25) is 4.79 Å². The summed E-state index contributed by atoms with van der Waals surface area (Å²) in [5.74, 6) is 1.44. The SMILES string of the molecule is COc1ccc(Cl)cc1CC(=O)NCCc1ncc[nH]1. The first-order chi connectivity index (χ1) is 9.69. The van der Waals surface area contributed by atoms with E-state index in [-0.39, 0.29) is 12.3 Å². The molecule has 0 aliphatic rings. The molecule has 2 N–H and O–H groups in total. The predicted octanol–water partition coefficient (Wildman–Crippen LogP) is 1.97. The summed E-state index contributed by atoms with van der Waals surface area (Å²) in [4.78, 5) is 19.0. The van der Waals surface area contributed by atoms with Gasteiger partial charge in [0.1, 0.15) is 11.6 Å². The van der Waals surface area contributed by atoms with Crippen molar-refractivity contribution in [3.8, 4) is 5.75 Å². The summed E-state index contributed by atoms with van der Waals surface area (Å²) in [5, 5.41) is 3.43. The number of carbonyl (C=O) groups is 1. The second-order valence-corrected chi connectivity index (χ2v) is 4.71. The lowest BCUT2D eigenvalue weighted by Crippen LogP contribution is -2.27. The molecule has 20 heavy (non-hydrogen) atoms. The van der Waals surface area contributed by atoms with Crippen LogP contribution in [0.5, 0.6) is 5.75 Å². The number of hydrogen-bond acceptors (Lipinski definition) is 3. The summed E-state index contributed by atoms with van der Waals surface area (Å²) < 4.78 is 5.21. The van der Waals surface area contributed by atoms with Gasteiger partial charge in [0.05, 0.1) is 13.5 Å². The smallest absolute Gasteiger partial charge is 0.224 e. The van der Waals surface area contributed by atoms with Crippen molar-refractivity contribution in [1.82, 2.24) is 15.3 Å². The van der Waals surface area contributed by atoms with Crippen LogP contribution in [0.4, 0.5) is 0 Å². The summed E-state index contributed by atoms with van der Waals surface area (Å²) in [7, 11) is 1.57. The molecule has 5 nitrogen and oxygen atoms in total. The minimum atomic E-state index is -0.0721. The number of H-pyrrole nitrogens is 1. The highest BCUT2D eigenvalue weighted by Crippen LogP contribution is 2.22. The first-order valence-electron chi connectivity index (χ1n) is 6.26. The van der Waals surface area contributed by atoms with Crippen molar-refractivity contribution in [2.24, 2.45) is 0 Å². The second kappa shape index (κ2) is 6.96. The molecular formula is C14H16ClN3O2. The molecular weight excluding hydrogens is 278 g/mol. The van der Waals surface area contributed by atoms with Gasteiger partial charge in [0.15, 0.2) is 0 Å². The van der Waals surface area contributed by atoms with E-state index >= 15 is 0 Å². The molecule has 0 radical (unpaired) electrons. The maximum atomic E-state index is 11.9. The molecule has 1 aromatic carbocycles. The maximum Gasteiger partial charge on any atom is 0.224 e. The largest absolute Gasteiger partial charge is 0.496 e. The van der Waals surface area contributed by atoms with Gasteiger partial charge in [-0.25, -0.2) is 4.98 Å². The maximum absolute atomic E-state index is 11.9. The van der Waals surface area contributed by atoms with Crippen LogP contribution in [-0.2, 0) is 17.6 Å². The molecule has 1 aromatic heterocycles. The molecule has 0 saturated carbocycles. The minimum Gasteiger partial charge on any atom is -0.496 e. The molecule has 2 aromatic rings. The number of halogens is 1. The van der Waals surface area contributed by atoms with Crippen molar-refractivity contribution in [2.75, 3.05) is 13.7 Å². The van der Waals surface area contributed by atoms with Crippen molar-refractivity contribution < 1.29 is 9.53 Å². The Hall–Kier alpha value is -2.01. The number of carbonyl (C=O) groups excluding carboxylic acids is 1. The lowest BCUT2D eigenvalue weighted by atomic mass is 10.1. The van der Waals surface area contributed by atoms with Gasteiger partial charge in [0.25, 0.3) is 0 Å². The van der Waals surface area contributed by atoms with Gasteiger partial charge >= 0.3 is 0 Å². The van der Waals surface area contributed by atoms with Crippen molar-refractivity contribution in [2.45, 2.75) is 12.8 Å². The normalized spacial score (nSPS) is 10.3. The Morgan fingerprint density at radius 3 is 3.05 bits per heavy atom. The zero-order valence-electron chi connectivity index (χ0n) is 11.1. The fourth-order valence-electron chi connectivity index (χ4n) is 1.88. The van der Waals surface area contributed by atoms with Gasteiger partial charge in [0.2, 0.25) is 5.91 Å². The molecule has 2 rings (SSSR count). The van der Waals surface area contributed by atoms with Gasteiger partial charge in [-0.1, -0.05) is 11.6 Å². The number of imidazole rings is 1. The van der Waals surface area contributed by atoms with Crippen LogP contribution >= 0.6 is 11.6 Å². The Bertz CT molecular complexity index is 570. The zero-order valence-corrected chi connectivity index (χ0v) is 11.9. The van der Waals surface area contributed by atoms with Crippen LogP contribution in [-0.4, -0.2) is 29.5 Å². The molecule has 1 amide bonds. The van der Waals surface area contributed by atoms with E-state index in [0.717, 1.165) is 11.4 Å². The number of aromatic amines is 1. The molecule has 0 saturated heterocycles. The molecule has 0 bridgehead atoms. The van der Waals surface area contributed by atoms with Gasteiger partial charge < -0.3 is 15.0 Å². The summed E-state index contributed by atoms with van der Waals surface area (Å²) in [5.41, 5.74) is 0.774. The summed E-state index contributed by atoms with van der Waals surface area (Å²) in [6.45, 7) is 0.537. The number of benzene rings is 1. The Morgan fingerprint density at radius 1 is 1.50 bits per heavy atom. The highest BCUT2D eigenvalue weighted by atomic mass is 35.5. The summed E-state index contributed by atoms with van der Waals surface area (Å²) in [6, 6.07) is 5.24. The molecule has 0 spiro atoms. The standard InChI is InChI=1S/C14H16ClN3O2/c1-20-12-3-2-11(15)8-10(12)9-14(19)18-5-4-13-16-6-7-17-13/h2-3,6-8H,4-5,9H2,1H3,(H,16,17)(H,18,19). The monoisotopic (exact) mass is 293 g/mol. The molecule has 0 fully saturated rings. The minimum absolute atomic E-state index is 0.0721. The van der Waals surface area contributed by atoms with Gasteiger partial charge in [0, 0.05) is 35.9 Å².